The van der Waals surface area contributed by atoms with Crippen molar-refractivity contribution in [2.24, 2.45) is 5.92 Å². The van der Waals surface area contributed by atoms with Gasteiger partial charge in [0.25, 0.3) is 5.56 Å². The Labute approximate surface area is 199 Å². The second-order valence-corrected chi connectivity index (χ2v) is 8.61. The van der Waals surface area contributed by atoms with E-state index in [9.17, 15) is 27.6 Å². The molecular formula is C25H26F3N3O4. The van der Waals surface area contributed by atoms with Crippen LogP contribution in [0.4, 0.5) is 13.2 Å². The number of fused-ring (bicyclic) bond motifs is 1. The lowest BCUT2D eigenvalue weighted by Gasteiger charge is -2.37. The second kappa shape index (κ2) is 10.1. The van der Waals surface area contributed by atoms with E-state index in [0.717, 1.165) is 16.7 Å². The molecule has 0 radical (unpaired) electrons. The number of nitrogens with zero attached hydrogens (tertiary/aromatic N) is 2. The van der Waals surface area contributed by atoms with Gasteiger partial charge in [0.2, 0.25) is 0 Å². The summed E-state index contributed by atoms with van der Waals surface area (Å²) in [6, 6.07) is 11.8. The molecule has 2 aromatic carbocycles. The Hall–Kier alpha value is -3.40. The molecular weight excluding hydrogens is 463 g/mol. The fourth-order valence-electron chi connectivity index (χ4n) is 4.70. The van der Waals surface area contributed by atoms with Gasteiger partial charge in [-0.05, 0) is 49.6 Å². The largest absolute Gasteiger partial charge is 0.466 e. The molecule has 1 N–H and O–H groups in total. The van der Waals surface area contributed by atoms with Gasteiger partial charge < -0.3 is 14.6 Å². The number of piperidine rings is 1. The number of aromatic nitrogens is 2. The predicted octanol–water partition coefficient (Wildman–Crippen LogP) is 3.38. The second-order valence-electron chi connectivity index (χ2n) is 8.61. The van der Waals surface area contributed by atoms with Crippen molar-refractivity contribution in [2.75, 3.05) is 26.2 Å². The fourth-order valence-corrected chi connectivity index (χ4v) is 4.70. The van der Waals surface area contributed by atoms with Crippen LogP contribution in [0, 0.1) is 5.92 Å². The molecule has 1 fully saturated rings. The summed E-state index contributed by atoms with van der Waals surface area (Å²) < 4.78 is 46.1. The topological polar surface area (TPSA) is 84.4 Å². The lowest BCUT2D eigenvalue weighted by atomic mass is 9.80. The zero-order chi connectivity index (χ0) is 25.2. The zero-order valence-corrected chi connectivity index (χ0v) is 19.2. The Morgan fingerprint density at radius 2 is 1.89 bits per heavy atom. The summed E-state index contributed by atoms with van der Waals surface area (Å²) in [5.74, 6) is -1.57. The maximum atomic E-state index is 13.2. The molecule has 3 aromatic rings. The van der Waals surface area contributed by atoms with E-state index < -0.39 is 40.8 Å². The van der Waals surface area contributed by atoms with E-state index in [1.807, 2.05) is 4.90 Å². The number of ether oxygens (including phenoxy) is 1. The number of benzene rings is 2. The lowest BCUT2D eigenvalue weighted by Crippen LogP contribution is -2.46. The molecule has 1 saturated heterocycles. The molecule has 35 heavy (non-hydrogen) atoms. The Morgan fingerprint density at radius 3 is 2.63 bits per heavy atom. The van der Waals surface area contributed by atoms with Crippen molar-refractivity contribution in [3.8, 4) is 0 Å². The van der Waals surface area contributed by atoms with E-state index in [2.05, 4.69) is 4.98 Å². The molecule has 1 aliphatic rings. The van der Waals surface area contributed by atoms with Gasteiger partial charge in [-0.15, -0.1) is 0 Å². The van der Waals surface area contributed by atoms with Crippen molar-refractivity contribution in [2.45, 2.75) is 32.0 Å². The van der Waals surface area contributed by atoms with Gasteiger partial charge in [-0.2, -0.15) is 13.2 Å². The Balaban J connectivity index is 1.54. The maximum absolute atomic E-state index is 13.2. The summed E-state index contributed by atoms with van der Waals surface area (Å²) in [4.78, 5) is 42.6. The predicted molar refractivity (Wildman–Crippen MR) is 124 cm³/mol. The molecule has 186 valence electrons. The molecule has 0 bridgehead atoms. The van der Waals surface area contributed by atoms with Crippen LogP contribution in [0.3, 0.4) is 0 Å². The molecule has 1 aliphatic heterocycles. The van der Waals surface area contributed by atoms with Gasteiger partial charge in [0.15, 0.2) is 0 Å². The van der Waals surface area contributed by atoms with Gasteiger partial charge in [0.1, 0.15) is 0 Å². The highest BCUT2D eigenvalue weighted by molar-refractivity contribution is 5.77. The number of likely N-dealkylation sites (tertiary alicyclic amines) is 1. The monoisotopic (exact) mass is 489 g/mol. The van der Waals surface area contributed by atoms with E-state index in [1.54, 1.807) is 37.3 Å². The first-order chi connectivity index (χ1) is 16.7. The average molecular weight is 489 g/mol. The SMILES string of the molecule is CCOC(=O)[C@@H]1CN(CCn2c(=O)[nH]c3ccccc3c2=O)CCC1c1cccc(C(F)(F)F)c1. The third-order valence-electron chi connectivity index (χ3n) is 6.46. The third-order valence-corrected chi connectivity index (χ3v) is 6.46. The van der Waals surface area contributed by atoms with Crippen LogP contribution < -0.4 is 11.2 Å². The summed E-state index contributed by atoms with van der Waals surface area (Å²) in [6.45, 7) is 3.02. The number of nitrogens with one attached hydrogen (secondary N) is 1. The molecule has 1 unspecified atom stereocenters. The molecule has 2 atom stereocenters. The number of hydrogen-bond acceptors (Lipinski definition) is 5. The lowest BCUT2D eigenvalue weighted by molar-refractivity contribution is -0.150. The number of rotatable bonds is 6. The van der Waals surface area contributed by atoms with Crippen molar-refractivity contribution < 1.29 is 22.7 Å². The summed E-state index contributed by atoms with van der Waals surface area (Å²) in [5, 5.41) is 0.403. The molecule has 2 heterocycles. The quantitative estimate of drug-likeness (QED) is 0.537. The number of esters is 1. The average Bonchev–Trinajstić information content (AvgIpc) is 2.83. The molecule has 1 aromatic heterocycles. The van der Waals surface area contributed by atoms with Crippen molar-refractivity contribution in [3.05, 3.63) is 80.5 Å². The van der Waals surface area contributed by atoms with Gasteiger partial charge in [0, 0.05) is 19.6 Å². The minimum absolute atomic E-state index is 0.114. The Kier molecular flexibility index (Phi) is 7.11. The Morgan fingerprint density at radius 1 is 1.11 bits per heavy atom. The van der Waals surface area contributed by atoms with Crippen LogP contribution in [0.25, 0.3) is 10.9 Å². The van der Waals surface area contributed by atoms with E-state index in [1.165, 1.54) is 6.07 Å². The van der Waals surface area contributed by atoms with Crippen LogP contribution in [0.5, 0.6) is 0 Å². The van der Waals surface area contributed by atoms with Crippen LogP contribution in [0.2, 0.25) is 0 Å². The Bertz CT molecular complexity index is 1330. The molecule has 10 heteroatoms. The van der Waals surface area contributed by atoms with E-state index in [4.69, 9.17) is 4.74 Å². The van der Waals surface area contributed by atoms with Gasteiger partial charge in [-0.3, -0.25) is 14.2 Å². The molecule has 0 spiro atoms. The smallest absolute Gasteiger partial charge is 0.416 e. The number of alkyl halides is 3. The number of aromatic amines is 1. The standard InChI is InChI=1S/C25H26F3N3O4/c1-2-35-23(33)20-15-30(11-10-18(20)16-6-5-7-17(14-16)25(26,27)28)12-13-31-22(32)19-8-3-4-9-21(19)29-24(31)34/h3-9,14,18,20H,2,10-13,15H2,1H3,(H,29,34)/t18?,20-/m1/s1. The normalized spacial score (nSPS) is 19.1. The third kappa shape index (κ3) is 5.32. The van der Waals surface area contributed by atoms with Gasteiger partial charge in [0.05, 0.1) is 29.0 Å². The van der Waals surface area contributed by atoms with Crippen molar-refractivity contribution in [3.63, 3.8) is 0 Å². The molecule has 0 saturated carbocycles. The number of hydrogen-bond donors (Lipinski definition) is 1. The van der Waals surface area contributed by atoms with Gasteiger partial charge >= 0.3 is 17.8 Å². The zero-order valence-electron chi connectivity index (χ0n) is 19.2. The first-order valence-electron chi connectivity index (χ1n) is 11.5. The summed E-state index contributed by atoms with van der Waals surface area (Å²) >= 11 is 0. The number of para-hydroxylation sites is 1. The highest BCUT2D eigenvalue weighted by Crippen LogP contribution is 2.37. The van der Waals surface area contributed by atoms with E-state index >= 15 is 0 Å². The van der Waals surface area contributed by atoms with Crippen molar-refractivity contribution in [1.82, 2.24) is 14.5 Å². The number of carbonyl (C=O) groups excluding carboxylic acids is 1. The highest BCUT2D eigenvalue weighted by Gasteiger charge is 2.38. The minimum Gasteiger partial charge on any atom is -0.466 e. The fraction of sp³-hybridized carbons (Fsp3) is 0.400. The first-order valence-corrected chi connectivity index (χ1v) is 11.5. The molecule has 0 amide bonds. The number of halogens is 3. The van der Waals surface area contributed by atoms with Gasteiger partial charge in [-0.25, -0.2) is 4.79 Å². The summed E-state index contributed by atoms with van der Waals surface area (Å²) in [7, 11) is 0. The van der Waals surface area contributed by atoms with E-state index in [0.29, 0.717) is 36.0 Å². The van der Waals surface area contributed by atoms with Crippen molar-refractivity contribution in [1.29, 1.82) is 0 Å². The molecule has 0 aliphatic carbocycles. The van der Waals surface area contributed by atoms with Crippen molar-refractivity contribution >= 4 is 16.9 Å². The first kappa shape index (κ1) is 24.7. The van der Waals surface area contributed by atoms with Crippen LogP contribution in [-0.4, -0.2) is 46.7 Å². The van der Waals surface area contributed by atoms with Crippen LogP contribution >= 0.6 is 0 Å². The number of carbonyl (C=O) groups is 1. The number of H-pyrrole nitrogens is 1. The highest BCUT2D eigenvalue weighted by atomic mass is 19.4. The summed E-state index contributed by atoms with van der Waals surface area (Å²) in [5.41, 5.74) is -0.766. The molecule has 4 rings (SSSR count). The van der Waals surface area contributed by atoms with Crippen LogP contribution in [0.15, 0.2) is 58.1 Å². The van der Waals surface area contributed by atoms with E-state index in [-0.39, 0.29) is 19.7 Å². The minimum atomic E-state index is -4.48. The van der Waals surface area contributed by atoms with Gasteiger partial charge in [-0.1, -0.05) is 30.3 Å². The van der Waals surface area contributed by atoms with Crippen LogP contribution in [-0.2, 0) is 22.3 Å². The molecule has 7 nitrogen and oxygen atoms in total. The maximum Gasteiger partial charge on any atom is 0.416 e. The van der Waals surface area contributed by atoms with Crippen LogP contribution in [0.1, 0.15) is 30.4 Å². The summed E-state index contributed by atoms with van der Waals surface area (Å²) in [6.07, 6.45) is -4.04.